The molecule has 0 aliphatic rings. The van der Waals surface area contributed by atoms with E-state index in [4.69, 9.17) is 4.42 Å². The van der Waals surface area contributed by atoms with Gasteiger partial charge in [0.1, 0.15) is 6.26 Å². The Balaban J connectivity index is 1.63. The highest BCUT2D eigenvalue weighted by molar-refractivity contribution is 7.12. The van der Waals surface area contributed by atoms with E-state index >= 15 is 0 Å². The van der Waals surface area contributed by atoms with Crippen LogP contribution in [-0.2, 0) is 11.0 Å². The monoisotopic (exact) mass is 451 g/mol. The van der Waals surface area contributed by atoms with Gasteiger partial charge in [-0.15, -0.1) is 11.3 Å². The summed E-state index contributed by atoms with van der Waals surface area (Å²) in [6, 6.07) is 7.70. The summed E-state index contributed by atoms with van der Waals surface area (Å²) in [5, 5.41) is 8.79. The zero-order valence-electron chi connectivity index (χ0n) is 15.8. The number of nitrogens with one attached hydrogen (secondary N) is 3. The van der Waals surface area contributed by atoms with Crippen molar-refractivity contribution >= 4 is 40.4 Å². The fraction of sp³-hybridized carbons (Fsp3) is 0.150. The molecule has 1 aromatic carbocycles. The quantitative estimate of drug-likeness (QED) is 0.497. The van der Waals surface area contributed by atoms with E-state index in [0.29, 0.717) is 4.88 Å². The second kappa shape index (κ2) is 9.47. The van der Waals surface area contributed by atoms with E-state index in [0.717, 1.165) is 18.4 Å². The third-order valence-corrected chi connectivity index (χ3v) is 4.89. The molecule has 3 N–H and O–H groups in total. The summed E-state index contributed by atoms with van der Waals surface area (Å²) in [5.41, 5.74) is -1.52. The molecular weight excluding hydrogens is 435 g/mol. The third-order valence-electron chi connectivity index (χ3n) is 4.02. The number of hydrogen-bond donors (Lipinski definition) is 3. The summed E-state index contributed by atoms with van der Waals surface area (Å²) in [5.74, 6) is -1.70. The van der Waals surface area contributed by atoms with E-state index in [-0.39, 0.29) is 30.1 Å². The first-order valence-electron chi connectivity index (χ1n) is 8.90. The Morgan fingerprint density at radius 2 is 1.84 bits per heavy atom. The topological polar surface area (TPSA) is 100 Å². The maximum atomic E-state index is 13.5. The van der Waals surface area contributed by atoms with E-state index in [2.05, 4.69) is 16.0 Å². The first-order chi connectivity index (χ1) is 14.7. The molecule has 0 radical (unpaired) electrons. The predicted molar refractivity (Wildman–Crippen MR) is 108 cm³/mol. The van der Waals surface area contributed by atoms with Gasteiger partial charge in [-0.1, -0.05) is 6.07 Å². The van der Waals surface area contributed by atoms with Gasteiger partial charge in [-0.3, -0.25) is 14.4 Å². The summed E-state index contributed by atoms with van der Waals surface area (Å²) in [4.78, 5) is 36.4. The Hall–Kier alpha value is -3.60. The zero-order valence-corrected chi connectivity index (χ0v) is 16.6. The molecule has 0 spiro atoms. The Bertz CT molecular complexity index is 1060. The number of carbonyl (C=O) groups is 3. The van der Waals surface area contributed by atoms with Gasteiger partial charge in [-0.25, -0.2) is 0 Å². The number of thiophene rings is 1. The van der Waals surface area contributed by atoms with Crippen LogP contribution in [0.2, 0.25) is 0 Å². The van der Waals surface area contributed by atoms with E-state index in [1.807, 2.05) is 0 Å². The van der Waals surface area contributed by atoms with E-state index in [1.54, 1.807) is 17.5 Å². The van der Waals surface area contributed by atoms with Crippen molar-refractivity contribution in [1.82, 2.24) is 5.32 Å². The minimum absolute atomic E-state index is 0.0389. The molecule has 0 aliphatic carbocycles. The Kier molecular flexibility index (Phi) is 6.75. The molecule has 0 aliphatic heterocycles. The maximum Gasteiger partial charge on any atom is 0.418 e. The highest BCUT2D eigenvalue weighted by Gasteiger charge is 2.34. The summed E-state index contributed by atoms with van der Waals surface area (Å²) in [6.45, 7) is -0.0389. The number of anilines is 2. The SMILES string of the molecule is O=C(CCNC(=O)c1cccs1)Nc1ccc(NC(=O)c2ccoc2)cc1C(F)(F)F. The molecule has 3 amide bonds. The number of hydrogen-bond acceptors (Lipinski definition) is 5. The summed E-state index contributed by atoms with van der Waals surface area (Å²) in [6.07, 6.45) is -2.57. The highest BCUT2D eigenvalue weighted by atomic mass is 32.1. The molecule has 0 saturated heterocycles. The number of amides is 3. The highest BCUT2D eigenvalue weighted by Crippen LogP contribution is 2.36. The lowest BCUT2D eigenvalue weighted by molar-refractivity contribution is -0.136. The molecule has 11 heteroatoms. The van der Waals surface area contributed by atoms with Gasteiger partial charge in [0.05, 0.1) is 28.0 Å². The molecule has 31 heavy (non-hydrogen) atoms. The van der Waals surface area contributed by atoms with Gasteiger partial charge in [0.2, 0.25) is 5.91 Å². The van der Waals surface area contributed by atoms with E-state index in [1.165, 1.54) is 29.7 Å². The van der Waals surface area contributed by atoms with Gasteiger partial charge in [0.25, 0.3) is 11.8 Å². The predicted octanol–water partition coefficient (Wildman–Crippen LogP) is 4.37. The van der Waals surface area contributed by atoms with Crippen LogP contribution in [0.4, 0.5) is 24.5 Å². The minimum Gasteiger partial charge on any atom is -0.472 e. The number of furan rings is 1. The Morgan fingerprint density at radius 3 is 2.48 bits per heavy atom. The average molecular weight is 451 g/mol. The van der Waals surface area contributed by atoms with Gasteiger partial charge in [0, 0.05) is 18.7 Å². The van der Waals surface area contributed by atoms with Crippen molar-refractivity contribution in [3.05, 3.63) is 70.3 Å². The van der Waals surface area contributed by atoms with E-state index < -0.39 is 29.2 Å². The van der Waals surface area contributed by atoms with Crippen LogP contribution in [0.3, 0.4) is 0 Å². The first kappa shape index (κ1) is 22.1. The number of rotatable bonds is 7. The van der Waals surface area contributed by atoms with Crippen molar-refractivity contribution in [2.75, 3.05) is 17.2 Å². The average Bonchev–Trinajstić information content (AvgIpc) is 3.42. The second-order valence-electron chi connectivity index (χ2n) is 6.26. The lowest BCUT2D eigenvalue weighted by Crippen LogP contribution is -2.27. The molecule has 0 bridgehead atoms. The summed E-state index contributed by atoms with van der Waals surface area (Å²) >= 11 is 1.23. The van der Waals surface area contributed by atoms with Crippen LogP contribution in [0.1, 0.15) is 32.0 Å². The second-order valence-corrected chi connectivity index (χ2v) is 7.20. The maximum absolute atomic E-state index is 13.5. The van der Waals surface area contributed by atoms with Gasteiger partial charge in [-0.2, -0.15) is 13.2 Å². The van der Waals surface area contributed by atoms with Gasteiger partial charge in [0.15, 0.2) is 0 Å². The molecule has 0 unspecified atom stereocenters. The van der Waals surface area contributed by atoms with Crippen LogP contribution in [0.25, 0.3) is 0 Å². The molecule has 7 nitrogen and oxygen atoms in total. The fourth-order valence-electron chi connectivity index (χ4n) is 2.56. The molecule has 2 aromatic heterocycles. The van der Waals surface area contributed by atoms with Crippen molar-refractivity contribution in [1.29, 1.82) is 0 Å². The lowest BCUT2D eigenvalue weighted by atomic mass is 10.1. The number of carbonyl (C=O) groups excluding carboxylic acids is 3. The van der Waals surface area contributed by atoms with Crippen LogP contribution in [0.5, 0.6) is 0 Å². The Labute approximate surface area is 178 Å². The molecule has 3 aromatic rings. The molecule has 2 heterocycles. The Morgan fingerprint density at radius 1 is 1.03 bits per heavy atom. The van der Waals surface area contributed by atoms with Gasteiger partial charge < -0.3 is 20.4 Å². The van der Waals surface area contributed by atoms with Gasteiger partial charge >= 0.3 is 6.18 Å². The minimum atomic E-state index is -4.77. The first-order valence-corrected chi connectivity index (χ1v) is 9.78. The molecule has 0 fully saturated rings. The van der Waals surface area contributed by atoms with Crippen LogP contribution in [0, 0.1) is 0 Å². The zero-order chi connectivity index (χ0) is 22.4. The van der Waals surface area contributed by atoms with Crippen molar-refractivity contribution < 1.29 is 32.0 Å². The van der Waals surface area contributed by atoms with Crippen LogP contribution < -0.4 is 16.0 Å². The normalized spacial score (nSPS) is 11.1. The van der Waals surface area contributed by atoms with Gasteiger partial charge in [-0.05, 0) is 35.7 Å². The lowest BCUT2D eigenvalue weighted by Gasteiger charge is -2.16. The number of halogens is 3. The molecule has 0 saturated carbocycles. The third kappa shape index (κ3) is 5.95. The molecule has 3 rings (SSSR count). The van der Waals surface area contributed by atoms with Crippen LogP contribution in [0.15, 0.2) is 58.7 Å². The summed E-state index contributed by atoms with van der Waals surface area (Å²) in [7, 11) is 0. The van der Waals surface area contributed by atoms with Crippen LogP contribution in [-0.4, -0.2) is 24.3 Å². The van der Waals surface area contributed by atoms with Crippen molar-refractivity contribution in [3.63, 3.8) is 0 Å². The molecular formula is C20H16F3N3O4S. The standard InChI is InChI=1S/C20H16F3N3O4S/c21-20(22,23)14-10-13(25-18(28)12-6-8-30-11-12)3-4-15(14)26-17(27)5-7-24-19(29)16-2-1-9-31-16/h1-4,6,8-11H,5,7H2,(H,24,29)(H,25,28)(H,26,27). The smallest absolute Gasteiger partial charge is 0.418 e. The van der Waals surface area contributed by atoms with Crippen LogP contribution >= 0.6 is 11.3 Å². The largest absolute Gasteiger partial charge is 0.472 e. The van der Waals surface area contributed by atoms with Crippen molar-refractivity contribution in [2.45, 2.75) is 12.6 Å². The van der Waals surface area contributed by atoms with E-state index in [9.17, 15) is 27.6 Å². The number of alkyl halides is 3. The van der Waals surface area contributed by atoms with Crippen molar-refractivity contribution in [2.24, 2.45) is 0 Å². The van der Waals surface area contributed by atoms with Crippen molar-refractivity contribution in [3.8, 4) is 0 Å². The summed E-state index contributed by atoms with van der Waals surface area (Å²) < 4.78 is 45.2. The molecule has 0 atom stereocenters. The molecule has 162 valence electrons. The number of benzene rings is 1. The fourth-order valence-corrected chi connectivity index (χ4v) is 3.20.